The number of thiazole rings is 1. The van der Waals surface area contributed by atoms with Crippen molar-refractivity contribution >= 4 is 61.9 Å². The molecule has 12 heteroatoms. The Morgan fingerprint density at radius 3 is 2.80 bits per heavy atom. The van der Waals surface area contributed by atoms with Gasteiger partial charge in [-0.2, -0.15) is 0 Å². The van der Waals surface area contributed by atoms with E-state index in [4.69, 9.17) is 27.9 Å². The van der Waals surface area contributed by atoms with Crippen molar-refractivity contribution in [1.29, 1.82) is 0 Å². The molecule has 3 N–H and O–H groups in total. The number of nitrogens with one attached hydrogen (secondary N) is 1. The predicted octanol–water partition coefficient (Wildman–Crippen LogP) is 4.49. The lowest BCUT2D eigenvalue weighted by molar-refractivity contribution is -0.133. The van der Waals surface area contributed by atoms with E-state index in [9.17, 15) is 24.2 Å². The van der Waals surface area contributed by atoms with E-state index < -0.39 is 30.7 Å². The number of ether oxygens (including phenoxy) is 1. The number of anilines is 1. The number of hydrogen-bond donors (Lipinski definition) is 3. The number of aliphatic hydroxyl groups is 2. The zero-order chi connectivity index (χ0) is 25.5. The van der Waals surface area contributed by atoms with Crippen LogP contribution in [0.4, 0.5) is 14.3 Å². The van der Waals surface area contributed by atoms with Crippen LogP contribution in [-0.2, 0) is 16.0 Å². The number of amides is 2. The van der Waals surface area contributed by atoms with Crippen molar-refractivity contribution in [2.24, 2.45) is 0 Å². The number of rotatable bonds is 10. The molecule has 3 rings (SSSR count). The second-order valence-electron chi connectivity index (χ2n) is 7.80. The van der Waals surface area contributed by atoms with Gasteiger partial charge in [0.2, 0.25) is 5.91 Å². The van der Waals surface area contributed by atoms with Gasteiger partial charge < -0.3 is 19.8 Å². The first-order valence-electron chi connectivity index (χ1n) is 10.6. The summed E-state index contributed by atoms with van der Waals surface area (Å²) in [7, 11) is 1.50. The van der Waals surface area contributed by atoms with Crippen molar-refractivity contribution in [2.45, 2.75) is 31.4 Å². The highest BCUT2D eigenvalue weighted by atomic mass is 35.5. The standard InChI is InChI=1S/C23H24Cl2FN3O5S/c1-29(20(32)8-5-13-3-2-4-17(26)21(13)25)15(10-16(31)11-30)12-34-23(33)28-22-27-18-7-6-14(24)9-19(18)35-22/h2-4,6-7,9,15-16,30-31H,5,8,10-12H2,1H3,(H,27,28,33)/t15-,16+/m0/s1. The number of likely N-dealkylation sites (N-methyl/N-ethyl adjacent to an activating group) is 1. The summed E-state index contributed by atoms with van der Waals surface area (Å²) in [6.07, 6.45) is -1.70. The van der Waals surface area contributed by atoms with E-state index in [2.05, 4.69) is 10.3 Å². The van der Waals surface area contributed by atoms with Crippen LogP contribution < -0.4 is 5.32 Å². The first kappa shape index (κ1) is 27.1. The maximum Gasteiger partial charge on any atom is 0.413 e. The van der Waals surface area contributed by atoms with Gasteiger partial charge in [-0.25, -0.2) is 14.2 Å². The molecule has 0 saturated heterocycles. The average molecular weight is 544 g/mol. The van der Waals surface area contributed by atoms with Gasteiger partial charge in [0.15, 0.2) is 5.13 Å². The molecule has 0 spiro atoms. The van der Waals surface area contributed by atoms with Crippen LogP contribution in [-0.4, -0.2) is 64.5 Å². The van der Waals surface area contributed by atoms with Crippen LogP contribution in [0.25, 0.3) is 10.2 Å². The van der Waals surface area contributed by atoms with E-state index in [0.29, 0.717) is 21.2 Å². The average Bonchev–Trinajstić information content (AvgIpc) is 3.22. The minimum absolute atomic E-state index is 0.0197. The Bertz CT molecular complexity index is 1200. The Kier molecular flexibility index (Phi) is 9.64. The van der Waals surface area contributed by atoms with Crippen LogP contribution in [0.2, 0.25) is 10.0 Å². The molecule has 0 fully saturated rings. The van der Waals surface area contributed by atoms with E-state index in [1.807, 2.05) is 0 Å². The minimum atomic E-state index is -1.12. The SMILES string of the molecule is CN(C(=O)CCc1cccc(F)c1Cl)[C@H](COC(=O)Nc1nc2ccc(Cl)cc2s1)C[C@@H](O)CO. The van der Waals surface area contributed by atoms with Crippen molar-refractivity contribution in [3.63, 3.8) is 0 Å². The van der Waals surface area contributed by atoms with Crippen molar-refractivity contribution in [1.82, 2.24) is 9.88 Å². The summed E-state index contributed by atoms with van der Waals surface area (Å²) in [4.78, 5) is 30.7. The number of hydrogen-bond acceptors (Lipinski definition) is 7. The molecule has 0 radical (unpaired) electrons. The molecule has 3 aromatic rings. The lowest BCUT2D eigenvalue weighted by Crippen LogP contribution is -2.43. The number of aryl methyl sites for hydroxylation is 1. The summed E-state index contributed by atoms with van der Waals surface area (Å²) < 4.78 is 19.7. The largest absolute Gasteiger partial charge is 0.447 e. The maximum atomic E-state index is 13.6. The fraction of sp³-hybridized carbons (Fsp3) is 0.348. The van der Waals surface area contributed by atoms with Crippen molar-refractivity contribution < 1.29 is 28.9 Å². The molecule has 0 saturated carbocycles. The van der Waals surface area contributed by atoms with Gasteiger partial charge in [0.05, 0.1) is 34.0 Å². The fourth-order valence-corrected chi connectivity index (χ4v) is 4.68. The maximum absolute atomic E-state index is 13.6. The normalized spacial score (nSPS) is 12.9. The number of nitrogens with zero attached hydrogens (tertiary/aromatic N) is 2. The van der Waals surface area contributed by atoms with Crippen LogP contribution in [0.5, 0.6) is 0 Å². The molecule has 1 aromatic heterocycles. The third-order valence-electron chi connectivity index (χ3n) is 5.30. The number of halogens is 3. The van der Waals surface area contributed by atoms with Gasteiger partial charge in [-0.1, -0.05) is 46.7 Å². The Labute approximate surface area is 215 Å². The molecule has 188 valence electrons. The molecule has 2 atom stereocenters. The molecule has 2 aromatic carbocycles. The highest BCUT2D eigenvalue weighted by molar-refractivity contribution is 7.22. The smallest absolute Gasteiger partial charge is 0.413 e. The predicted molar refractivity (Wildman–Crippen MR) is 134 cm³/mol. The Morgan fingerprint density at radius 1 is 1.29 bits per heavy atom. The molecule has 35 heavy (non-hydrogen) atoms. The van der Waals surface area contributed by atoms with E-state index in [0.717, 1.165) is 4.70 Å². The number of benzene rings is 2. The topological polar surface area (TPSA) is 112 Å². The van der Waals surface area contributed by atoms with E-state index >= 15 is 0 Å². The summed E-state index contributed by atoms with van der Waals surface area (Å²) in [5.74, 6) is -0.892. The van der Waals surface area contributed by atoms with Gasteiger partial charge in [-0.3, -0.25) is 10.1 Å². The number of aromatic nitrogens is 1. The van der Waals surface area contributed by atoms with Crippen molar-refractivity contribution in [3.05, 3.63) is 57.8 Å². The van der Waals surface area contributed by atoms with Gasteiger partial charge in [0, 0.05) is 18.5 Å². The summed E-state index contributed by atoms with van der Waals surface area (Å²) in [6.45, 7) is -0.750. The zero-order valence-corrected chi connectivity index (χ0v) is 21.0. The summed E-state index contributed by atoms with van der Waals surface area (Å²) >= 11 is 13.2. The second-order valence-corrected chi connectivity index (χ2v) is 9.64. The van der Waals surface area contributed by atoms with Gasteiger partial charge in [-0.05, 0) is 42.7 Å². The third kappa shape index (κ3) is 7.49. The Hall–Kier alpha value is -2.50. The molecular formula is C23H24Cl2FN3O5S. The summed E-state index contributed by atoms with van der Waals surface area (Å²) in [5.41, 5.74) is 1.16. The second kappa shape index (κ2) is 12.5. The summed E-state index contributed by atoms with van der Waals surface area (Å²) in [6, 6.07) is 8.82. The van der Waals surface area contributed by atoms with Crippen LogP contribution in [0.1, 0.15) is 18.4 Å². The van der Waals surface area contributed by atoms with Crippen LogP contribution in [0.3, 0.4) is 0 Å². The van der Waals surface area contributed by atoms with Crippen molar-refractivity contribution in [3.8, 4) is 0 Å². The molecular weight excluding hydrogens is 520 g/mol. The highest BCUT2D eigenvalue weighted by Gasteiger charge is 2.25. The zero-order valence-electron chi connectivity index (χ0n) is 18.7. The minimum Gasteiger partial charge on any atom is -0.447 e. The quantitative estimate of drug-likeness (QED) is 0.347. The fourth-order valence-electron chi connectivity index (χ4n) is 3.34. The van der Waals surface area contributed by atoms with E-state index in [-0.39, 0.29) is 36.8 Å². The molecule has 8 nitrogen and oxygen atoms in total. The monoisotopic (exact) mass is 543 g/mol. The molecule has 1 heterocycles. The molecule has 0 aliphatic carbocycles. The van der Waals surface area contributed by atoms with E-state index in [1.165, 1.54) is 35.4 Å². The molecule has 0 aliphatic rings. The van der Waals surface area contributed by atoms with Gasteiger partial charge in [-0.15, -0.1) is 0 Å². The summed E-state index contributed by atoms with van der Waals surface area (Å²) in [5, 5.41) is 22.5. The molecule has 2 amide bonds. The third-order valence-corrected chi connectivity index (χ3v) is 6.89. The number of carbonyl (C=O) groups excluding carboxylic acids is 2. The number of fused-ring (bicyclic) bond motifs is 1. The molecule has 0 aliphatic heterocycles. The lowest BCUT2D eigenvalue weighted by atomic mass is 10.1. The lowest BCUT2D eigenvalue weighted by Gasteiger charge is -2.29. The van der Waals surface area contributed by atoms with Gasteiger partial charge in [0.1, 0.15) is 12.4 Å². The van der Waals surface area contributed by atoms with Crippen LogP contribution in [0, 0.1) is 5.82 Å². The first-order valence-corrected chi connectivity index (χ1v) is 12.2. The van der Waals surface area contributed by atoms with Crippen LogP contribution >= 0.6 is 34.5 Å². The van der Waals surface area contributed by atoms with E-state index in [1.54, 1.807) is 24.3 Å². The van der Waals surface area contributed by atoms with Gasteiger partial charge in [0.25, 0.3) is 0 Å². The Morgan fingerprint density at radius 2 is 2.06 bits per heavy atom. The Balaban J connectivity index is 1.59. The number of aliphatic hydroxyl groups excluding tert-OH is 2. The van der Waals surface area contributed by atoms with Crippen molar-refractivity contribution in [2.75, 3.05) is 25.6 Å². The number of carbonyl (C=O) groups is 2. The molecule has 0 bridgehead atoms. The first-order chi connectivity index (χ1) is 16.7. The molecule has 0 unspecified atom stereocenters. The highest BCUT2D eigenvalue weighted by Crippen LogP contribution is 2.28. The van der Waals surface area contributed by atoms with Gasteiger partial charge >= 0.3 is 6.09 Å². The van der Waals surface area contributed by atoms with Crippen LogP contribution in [0.15, 0.2) is 36.4 Å².